The van der Waals surface area contributed by atoms with Gasteiger partial charge in [-0.3, -0.25) is 0 Å². The van der Waals surface area contributed by atoms with E-state index in [2.05, 4.69) is 30.6 Å². The van der Waals surface area contributed by atoms with Gasteiger partial charge in [0.05, 0.1) is 6.61 Å². The van der Waals surface area contributed by atoms with Crippen molar-refractivity contribution in [2.45, 2.75) is 26.7 Å². The number of benzene rings is 2. The maximum absolute atomic E-state index is 5.56. The van der Waals surface area contributed by atoms with Crippen LogP contribution in [-0.4, -0.2) is 6.61 Å². The van der Waals surface area contributed by atoms with E-state index in [0.29, 0.717) is 0 Å². The fraction of sp³-hybridized carbons (Fsp3) is 0.238. The molecule has 0 spiro atoms. The first-order valence-electron chi connectivity index (χ1n) is 7.65. The lowest BCUT2D eigenvalue weighted by Crippen LogP contribution is -1.94. The number of rotatable bonds is 3. The Balaban J connectivity index is 2.03. The summed E-state index contributed by atoms with van der Waals surface area (Å²) < 4.78 is 5.56. The minimum Gasteiger partial charge on any atom is -0.494 e. The van der Waals surface area contributed by atoms with Gasteiger partial charge in [0, 0.05) is 23.1 Å². The van der Waals surface area contributed by atoms with Crippen molar-refractivity contribution < 1.29 is 4.74 Å². The molecule has 0 heterocycles. The molecule has 0 saturated heterocycles. The van der Waals surface area contributed by atoms with Crippen LogP contribution in [0.2, 0.25) is 0 Å². The van der Waals surface area contributed by atoms with Gasteiger partial charge in [0.15, 0.2) is 0 Å². The topological polar surface area (TPSA) is 9.23 Å². The first-order valence-corrected chi connectivity index (χ1v) is 7.65. The molecule has 0 aliphatic rings. The Hall–Kier alpha value is -2.64. The third-order valence-corrected chi connectivity index (χ3v) is 2.97. The lowest BCUT2D eigenvalue weighted by atomic mass is 10.1. The van der Waals surface area contributed by atoms with Crippen LogP contribution in [0.5, 0.6) is 5.75 Å². The number of hydrogen-bond donors (Lipinski definition) is 0. The van der Waals surface area contributed by atoms with Crippen LogP contribution in [0, 0.1) is 23.7 Å². The molecule has 0 radical (unpaired) electrons. The molecule has 2 aromatic carbocycles. The molecule has 110 valence electrons. The molecule has 2 aromatic rings. The summed E-state index contributed by atoms with van der Waals surface area (Å²) in [5.74, 6) is 13.4. The summed E-state index contributed by atoms with van der Waals surface area (Å²) in [5.41, 5.74) is 3.01. The second kappa shape index (κ2) is 8.60. The maximum Gasteiger partial charge on any atom is 0.119 e. The largest absolute Gasteiger partial charge is 0.494 e. The third-order valence-electron chi connectivity index (χ3n) is 2.97. The van der Waals surface area contributed by atoms with E-state index in [-0.39, 0.29) is 0 Å². The van der Waals surface area contributed by atoms with Crippen LogP contribution < -0.4 is 4.74 Å². The van der Waals surface area contributed by atoms with Crippen molar-refractivity contribution in [3.8, 4) is 29.4 Å². The van der Waals surface area contributed by atoms with E-state index in [1.165, 1.54) is 0 Å². The van der Waals surface area contributed by atoms with Gasteiger partial charge in [0.25, 0.3) is 0 Å². The van der Waals surface area contributed by atoms with E-state index in [1.54, 1.807) is 0 Å². The highest BCUT2D eigenvalue weighted by molar-refractivity contribution is 5.46. The van der Waals surface area contributed by atoms with Crippen LogP contribution in [0.15, 0.2) is 48.5 Å². The van der Waals surface area contributed by atoms with Crippen LogP contribution in [0.3, 0.4) is 0 Å². The van der Waals surface area contributed by atoms with Crippen molar-refractivity contribution in [1.82, 2.24) is 0 Å². The van der Waals surface area contributed by atoms with Gasteiger partial charge in [-0.25, -0.2) is 0 Å². The first-order chi connectivity index (χ1) is 10.8. The summed E-state index contributed by atoms with van der Waals surface area (Å²) in [7, 11) is 0. The summed E-state index contributed by atoms with van der Waals surface area (Å²) in [6.45, 7) is 4.89. The summed E-state index contributed by atoms with van der Waals surface area (Å²) in [4.78, 5) is 0. The fourth-order valence-electron chi connectivity index (χ4n) is 1.83. The summed E-state index contributed by atoms with van der Waals surface area (Å²) in [6.07, 6.45) is 1.89. The van der Waals surface area contributed by atoms with Crippen molar-refractivity contribution in [2.24, 2.45) is 0 Å². The minimum absolute atomic E-state index is 0.748. The molecule has 0 saturated carbocycles. The van der Waals surface area contributed by atoms with Crippen molar-refractivity contribution in [3.63, 3.8) is 0 Å². The van der Waals surface area contributed by atoms with Crippen LogP contribution in [0.25, 0.3) is 0 Å². The van der Waals surface area contributed by atoms with Crippen molar-refractivity contribution >= 4 is 0 Å². The molecule has 0 aliphatic heterocycles. The quantitative estimate of drug-likeness (QED) is 0.748. The standard InChI is InChI=1S/C21H20O/c1-3-5-6-18-7-9-19(10-8-18)11-12-20-13-15-21(16-14-20)22-17-4-2/h7-10,13-16H,3-4,17H2,1-2H3. The zero-order chi connectivity index (χ0) is 15.6. The highest BCUT2D eigenvalue weighted by atomic mass is 16.5. The SMILES string of the molecule is CCC#Cc1ccc(C#Cc2ccc(OCCC)cc2)cc1. The number of hydrogen-bond acceptors (Lipinski definition) is 1. The Morgan fingerprint density at radius 1 is 0.727 bits per heavy atom. The molecule has 0 N–H and O–H groups in total. The zero-order valence-electron chi connectivity index (χ0n) is 13.1. The molecule has 0 fully saturated rings. The molecule has 2 rings (SSSR count). The van der Waals surface area contributed by atoms with E-state index in [0.717, 1.165) is 41.9 Å². The molecular weight excluding hydrogens is 268 g/mol. The molecule has 0 atom stereocenters. The summed E-state index contributed by atoms with van der Waals surface area (Å²) in [5, 5.41) is 0. The van der Waals surface area contributed by atoms with Crippen molar-refractivity contribution in [3.05, 3.63) is 65.2 Å². The van der Waals surface area contributed by atoms with E-state index < -0.39 is 0 Å². The van der Waals surface area contributed by atoms with Crippen molar-refractivity contribution in [2.75, 3.05) is 6.61 Å². The molecule has 22 heavy (non-hydrogen) atoms. The van der Waals surface area contributed by atoms with Gasteiger partial charge < -0.3 is 4.74 Å². The Morgan fingerprint density at radius 2 is 1.23 bits per heavy atom. The highest BCUT2D eigenvalue weighted by Crippen LogP contribution is 2.12. The normalized spacial score (nSPS) is 9.18. The Kier molecular flexibility index (Phi) is 6.16. The lowest BCUT2D eigenvalue weighted by Gasteiger charge is -2.03. The summed E-state index contributed by atoms with van der Waals surface area (Å²) >= 11 is 0. The van der Waals surface area contributed by atoms with Crippen LogP contribution in [0.1, 0.15) is 43.4 Å². The van der Waals surface area contributed by atoms with E-state index in [9.17, 15) is 0 Å². The minimum atomic E-state index is 0.748. The average molecular weight is 288 g/mol. The Bertz CT molecular complexity index is 701. The predicted octanol–water partition coefficient (Wildman–Crippen LogP) is 4.64. The number of ether oxygens (including phenoxy) is 1. The average Bonchev–Trinajstić information content (AvgIpc) is 2.58. The maximum atomic E-state index is 5.56. The van der Waals surface area contributed by atoms with Gasteiger partial charge >= 0.3 is 0 Å². The van der Waals surface area contributed by atoms with E-state index in [4.69, 9.17) is 4.74 Å². The zero-order valence-corrected chi connectivity index (χ0v) is 13.1. The van der Waals surface area contributed by atoms with Gasteiger partial charge in [0.2, 0.25) is 0 Å². The smallest absolute Gasteiger partial charge is 0.119 e. The van der Waals surface area contributed by atoms with Crippen molar-refractivity contribution in [1.29, 1.82) is 0 Å². The molecule has 0 bridgehead atoms. The highest BCUT2D eigenvalue weighted by Gasteiger charge is 1.93. The van der Waals surface area contributed by atoms with E-state index >= 15 is 0 Å². The van der Waals surface area contributed by atoms with Gasteiger partial charge in [-0.1, -0.05) is 37.5 Å². The van der Waals surface area contributed by atoms with Gasteiger partial charge in [-0.15, -0.1) is 0 Å². The monoisotopic (exact) mass is 288 g/mol. The second-order valence-electron chi connectivity index (χ2n) is 4.86. The molecule has 0 amide bonds. The van der Waals surface area contributed by atoms with Crippen LogP contribution >= 0.6 is 0 Å². The lowest BCUT2D eigenvalue weighted by molar-refractivity contribution is 0.317. The molecule has 0 unspecified atom stereocenters. The Labute approximate surface area is 133 Å². The van der Waals surface area contributed by atoms with Crippen LogP contribution in [-0.2, 0) is 0 Å². The van der Waals surface area contributed by atoms with Gasteiger partial charge in [-0.05, 0) is 55.0 Å². The third kappa shape index (κ3) is 5.04. The Morgan fingerprint density at radius 3 is 1.73 bits per heavy atom. The van der Waals surface area contributed by atoms with Gasteiger partial charge in [-0.2, -0.15) is 0 Å². The molecule has 0 aliphatic carbocycles. The molecule has 1 nitrogen and oxygen atoms in total. The van der Waals surface area contributed by atoms with Crippen LogP contribution in [0.4, 0.5) is 0 Å². The fourth-order valence-corrected chi connectivity index (χ4v) is 1.83. The van der Waals surface area contributed by atoms with Gasteiger partial charge in [0.1, 0.15) is 5.75 Å². The van der Waals surface area contributed by atoms with E-state index in [1.807, 2.05) is 55.5 Å². The second-order valence-corrected chi connectivity index (χ2v) is 4.86. The molecule has 1 heteroatoms. The molecular formula is C21H20O. The first kappa shape index (κ1) is 15.7. The predicted molar refractivity (Wildman–Crippen MR) is 91.8 cm³/mol. The summed E-state index contributed by atoms with van der Waals surface area (Å²) in [6, 6.07) is 15.9. The molecule has 0 aromatic heterocycles.